The van der Waals surface area contributed by atoms with Gasteiger partial charge in [0, 0.05) is 11.9 Å². The van der Waals surface area contributed by atoms with E-state index >= 15 is 0 Å². The predicted molar refractivity (Wildman–Crippen MR) is 46.8 cm³/mol. The van der Waals surface area contributed by atoms with Gasteiger partial charge in [-0.1, -0.05) is 0 Å². The molecule has 2 rings (SSSR count). The number of hydrogen-bond donors (Lipinski definition) is 1. The minimum absolute atomic E-state index is 0.185. The monoisotopic (exact) mass is 180 g/mol. The Morgan fingerprint density at radius 1 is 1.46 bits per heavy atom. The van der Waals surface area contributed by atoms with Crippen LogP contribution in [0.2, 0.25) is 0 Å². The van der Waals surface area contributed by atoms with Gasteiger partial charge in [-0.2, -0.15) is 0 Å². The maximum absolute atomic E-state index is 11.2. The summed E-state index contributed by atoms with van der Waals surface area (Å²) in [4.78, 5) is 10.7. The van der Waals surface area contributed by atoms with E-state index in [-0.39, 0.29) is 5.56 Å². The van der Waals surface area contributed by atoms with Crippen molar-refractivity contribution in [3.8, 4) is 0 Å². The molecule has 0 atom stereocenters. The minimum atomic E-state index is -0.993. The summed E-state index contributed by atoms with van der Waals surface area (Å²) in [7, 11) is 0. The molecule has 4 heteroatoms. The number of carbonyl (C=O) groups is 1. The molecule has 0 saturated heterocycles. The predicted octanol–water partition coefficient (Wildman–Crippen LogP) is 1.41. The fourth-order valence-corrected chi connectivity index (χ4v) is 1.88. The molecule has 1 aromatic heterocycles. The highest BCUT2D eigenvalue weighted by Gasteiger charge is 2.19. The van der Waals surface area contributed by atoms with Crippen LogP contribution in [0.1, 0.15) is 34.5 Å². The maximum Gasteiger partial charge on any atom is 0.337 e. The molecule has 4 nitrogen and oxygen atoms in total. The standard InChI is InChI=1S/C9H10NO3/c11-9(12)7-5-10(13)8-4-2-1-3-6(7)8/h5H,1-4H2,(H,11,12)/q-1. The van der Waals surface area contributed by atoms with E-state index < -0.39 is 5.97 Å². The number of fused-ring (bicyclic) bond motifs is 1. The van der Waals surface area contributed by atoms with Gasteiger partial charge in [0.25, 0.3) is 0 Å². The lowest BCUT2D eigenvalue weighted by atomic mass is 9.95. The van der Waals surface area contributed by atoms with Gasteiger partial charge in [0.05, 0.1) is 5.56 Å². The summed E-state index contributed by atoms with van der Waals surface area (Å²) < 4.78 is 0.706. The minimum Gasteiger partial charge on any atom is -0.806 e. The van der Waals surface area contributed by atoms with Crippen molar-refractivity contribution in [3.63, 3.8) is 0 Å². The first-order chi connectivity index (χ1) is 6.20. The van der Waals surface area contributed by atoms with E-state index in [9.17, 15) is 10.0 Å². The van der Waals surface area contributed by atoms with Gasteiger partial charge < -0.3 is 15.0 Å². The number of rotatable bonds is 1. The molecule has 0 fully saturated rings. The largest absolute Gasteiger partial charge is 0.806 e. The Labute approximate surface area is 75.4 Å². The van der Waals surface area contributed by atoms with Crippen LogP contribution in [0.5, 0.6) is 0 Å². The molecule has 1 aromatic rings. The average molecular weight is 180 g/mol. The quantitative estimate of drug-likeness (QED) is 0.710. The molecule has 13 heavy (non-hydrogen) atoms. The molecule has 0 aromatic carbocycles. The average Bonchev–Trinajstić information content (AvgIpc) is 2.45. The number of aromatic carboxylic acids is 1. The van der Waals surface area contributed by atoms with Crippen molar-refractivity contribution in [2.45, 2.75) is 25.7 Å². The van der Waals surface area contributed by atoms with Crippen molar-refractivity contribution in [1.82, 2.24) is 4.73 Å². The lowest BCUT2D eigenvalue weighted by molar-refractivity contribution is 0.0695. The van der Waals surface area contributed by atoms with Crippen LogP contribution in [0.4, 0.5) is 0 Å². The summed E-state index contributed by atoms with van der Waals surface area (Å²) in [5, 5.41) is 20.0. The van der Waals surface area contributed by atoms with Crippen molar-refractivity contribution in [2.24, 2.45) is 0 Å². The SMILES string of the molecule is O=C(O)c1cn([O-])c2c1CCCC2. The van der Waals surface area contributed by atoms with Crippen molar-refractivity contribution < 1.29 is 9.90 Å². The van der Waals surface area contributed by atoms with E-state index in [1.807, 2.05) is 0 Å². The highest BCUT2D eigenvalue weighted by Crippen LogP contribution is 2.25. The number of carboxylic acid groups (broad SMARTS) is 1. The summed E-state index contributed by atoms with van der Waals surface area (Å²) in [6.07, 6.45) is 4.59. The van der Waals surface area contributed by atoms with Crippen LogP contribution < -0.4 is 0 Å². The first kappa shape index (κ1) is 8.16. The molecular weight excluding hydrogens is 170 g/mol. The fraction of sp³-hybridized carbons (Fsp3) is 0.444. The molecule has 0 radical (unpaired) electrons. The maximum atomic E-state index is 11.2. The molecule has 0 amide bonds. The van der Waals surface area contributed by atoms with E-state index in [1.165, 1.54) is 6.20 Å². The molecule has 0 spiro atoms. The highest BCUT2D eigenvalue weighted by atomic mass is 16.5. The molecule has 1 aliphatic carbocycles. The second-order valence-corrected chi connectivity index (χ2v) is 3.31. The highest BCUT2D eigenvalue weighted by molar-refractivity contribution is 5.89. The molecule has 0 saturated carbocycles. The van der Waals surface area contributed by atoms with Gasteiger partial charge in [-0.25, -0.2) is 4.79 Å². The van der Waals surface area contributed by atoms with E-state index in [2.05, 4.69) is 0 Å². The van der Waals surface area contributed by atoms with E-state index in [4.69, 9.17) is 5.11 Å². The second-order valence-electron chi connectivity index (χ2n) is 3.31. The van der Waals surface area contributed by atoms with Gasteiger partial charge in [0.1, 0.15) is 0 Å². The van der Waals surface area contributed by atoms with Crippen LogP contribution in [0.25, 0.3) is 0 Å². The topological polar surface area (TPSA) is 65.3 Å². The number of aromatic nitrogens is 1. The lowest BCUT2D eigenvalue weighted by Crippen LogP contribution is -2.06. The van der Waals surface area contributed by atoms with Crippen molar-refractivity contribution in [1.29, 1.82) is 0 Å². The molecule has 1 aliphatic rings. The second kappa shape index (κ2) is 2.80. The molecule has 1 N–H and O–H groups in total. The molecule has 0 bridgehead atoms. The zero-order valence-electron chi connectivity index (χ0n) is 7.12. The van der Waals surface area contributed by atoms with Crippen LogP contribution >= 0.6 is 0 Å². The molecular formula is C9H10NO3-. The number of nitrogens with zero attached hydrogens (tertiary/aromatic N) is 1. The van der Waals surface area contributed by atoms with Gasteiger partial charge in [0.15, 0.2) is 0 Å². The first-order valence-electron chi connectivity index (χ1n) is 4.34. The van der Waals surface area contributed by atoms with Crippen LogP contribution in [0.15, 0.2) is 6.20 Å². The Kier molecular flexibility index (Phi) is 1.76. The normalized spacial score (nSPS) is 15.4. The van der Waals surface area contributed by atoms with Gasteiger partial charge in [0.2, 0.25) is 0 Å². The lowest BCUT2D eigenvalue weighted by Gasteiger charge is -2.17. The number of carboxylic acids is 1. The summed E-state index contributed by atoms with van der Waals surface area (Å²) in [6, 6.07) is 0. The van der Waals surface area contributed by atoms with Gasteiger partial charge >= 0.3 is 5.97 Å². The Hall–Kier alpha value is -1.45. The van der Waals surface area contributed by atoms with Crippen molar-refractivity contribution >= 4 is 5.97 Å². The third-order valence-electron chi connectivity index (χ3n) is 2.51. The van der Waals surface area contributed by atoms with E-state index in [0.717, 1.165) is 24.8 Å². The summed E-state index contributed by atoms with van der Waals surface area (Å²) >= 11 is 0. The van der Waals surface area contributed by atoms with E-state index in [0.29, 0.717) is 16.8 Å². The molecule has 1 heterocycles. The van der Waals surface area contributed by atoms with Crippen LogP contribution in [-0.4, -0.2) is 15.8 Å². The summed E-state index contributed by atoms with van der Waals surface area (Å²) in [5.74, 6) is -0.993. The first-order valence-corrected chi connectivity index (χ1v) is 4.34. The Balaban J connectivity index is 2.53. The van der Waals surface area contributed by atoms with Gasteiger partial charge in [-0.15, -0.1) is 0 Å². The Morgan fingerprint density at radius 3 is 2.85 bits per heavy atom. The summed E-state index contributed by atoms with van der Waals surface area (Å²) in [6.45, 7) is 0. The van der Waals surface area contributed by atoms with Crippen LogP contribution in [0, 0.1) is 5.21 Å². The third kappa shape index (κ3) is 1.18. The Bertz CT molecular complexity index is 354. The molecule has 70 valence electrons. The zero-order valence-corrected chi connectivity index (χ0v) is 7.12. The van der Waals surface area contributed by atoms with E-state index in [1.54, 1.807) is 0 Å². The summed E-state index contributed by atoms with van der Waals surface area (Å²) in [5.41, 5.74) is 1.59. The van der Waals surface area contributed by atoms with Crippen molar-refractivity contribution in [3.05, 3.63) is 28.2 Å². The number of hydrogen-bond acceptors (Lipinski definition) is 2. The third-order valence-corrected chi connectivity index (χ3v) is 2.51. The van der Waals surface area contributed by atoms with Crippen LogP contribution in [-0.2, 0) is 12.8 Å². The molecule has 0 aliphatic heterocycles. The fourth-order valence-electron chi connectivity index (χ4n) is 1.88. The zero-order chi connectivity index (χ0) is 9.42. The van der Waals surface area contributed by atoms with Crippen LogP contribution in [0.3, 0.4) is 0 Å². The smallest absolute Gasteiger partial charge is 0.337 e. The Morgan fingerprint density at radius 2 is 2.15 bits per heavy atom. The molecule has 0 unspecified atom stereocenters. The van der Waals surface area contributed by atoms with Crippen molar-refractivity contribution in [2.75, 3.05) is 0 Å². The van der Waals surface area contributed by atoms with Gasteiger partial charge in [-0.05, 0) is 31.2 Å². The van der Waals surface area contributed by atoms with Gasteiger partial charge in [-0.3, -0.25) is 0 Å².